The van der Waals surface area contributed by atoms with Crippen molar-refractivity contribution in [1.82, 2.24) is 8.61 Å². The number of phenolic OH excluding ortho intramolecular Hbond substituents is 1. The molecule has 33 heavy (non-hydrogen) atoms. The van der Waals surface area contributed by atoms with Gasteiger partial charge in [0.1, 0.15) is 5.75 Å². The topological polar surface area (TPSA) is 124 Å². The summed E-state index contributed by atoms with van der Waals surface area (Å²) in [6.07, 6.45) is 4.17. The van der Waals surface area contributed by atoms with Crippen LogP contribution < -0.4 is 5.32 Å². The van der Waals surface area contributed by atoms with E-state index in [0.29, 0.717) is 26.2 Å². The van der Waals surface area contributed by atoms with Gasteiger partial charge >= 0.3 is 0 Å². The summed E-state index contributed by atoms with van der Waals surface area (Å²) in [6.45, 7) is 1.77. The third kappa shape index (κ3) is 4.91. The van der Waals surface area contributed by atoms with E-state index in [-0.39, 0.29) is 26.8 Å². The van der Waals surface area contributed by atoms with Crippen LogP contribution in [0.3, 0.4) is 0 Å². The predicted octanol–water partition coefficient (Wildman–Crippen LogP) is 2.60. The number of anilines is 1. The van der Waals surface area contributed by atoms with Gasteiger partial charge < -0.3 is 10.4 Å². The van der Waals surface area contributed by atoms with Crippen LogP contribution in [0.15, 0.2) is 52.3 Å². The highest BCUT2D eigenvalue weighted by molar-refractivity contribution is 7.89. The molecule has 11 heteroatoms. The fourth-order valence-corrected chi connectivity index (χ4v) is 7.21. The van der Waals surface area contributed by atoms with Crippen molar-refractivity contribution in [3.63, 3.8) is 0 Å². The Hall–Kier alpha value is -2.47. The average Bonchev–Trinajstić information content (AvgIpc) is 3.37. The minimum atomic E-state index is -3.73. The van der Waals surface area contributed by atoms with Crippen LogP contribution >= 0.6 is 0 Å². The molecule has 2 N–H and O–H groups in total. The van der Waals surface area contributed by atoms with Crippen molar-refractivity contribution in [1.29, 1.82) is 0 Å². The molecule has 0 saturated carbocycles. The zero-order valence-corrected chi connectivity index (χ0v) is 19.7. The number of carbonyl (C=O) groups excluding carboxylic acids is 1. The second kappa shape index (κ2) is 9.41. The summed E-state index contributed by atoms with van der Waals surface area (Å²) in [7, 11) is -7.45. The van der Waals surface area contributed by atoms with Gasteiger partial charge in [-0.05, 0) is 62.1 Å². The lowest BCUT2D eigenvalue weighted by atomic mass is 10.2. The maximum Gasteiger partial charge on any atom is 0.255 e. The van der Waals surface area contributed by atoms with Gasteiger partial charge in [0.05, 0.1) is 15.5 Å². The predicted molar refractivity (Wildman–Crippen MR) is 123 cm³/mol. The minimum Gasteiger partial charge on any atom is -0.506 e. The Morgan fingerprint density at radius 3 is 1.91 bits per heavy atom. The Morgan fingerprint density at radius 2 is 1.30 bits per heavy atom. The van der Waals surface area contributed by atoms with Crippen LogP contribution in [0.5, 0.6) is 5.75 Å². The highest BCUT2D eigenvalue weighted by Crippen LogP contribution is 2.30. The van der Waals surface area contributed by atoms with Gasteiger partial charge in [-0.3, -0.25) is 4.79 Å². The molecule has 2 aliphatic rings. The molecule has 0 unspecified atom stereocenters. The number of hydrogen-bond acceptors (Lipinski definition) is 6. The van der Waals surface area contributed by atoms with Gasteiger partial charge in [0, 0.05) is 31.7 Å². The Kier molecular flexibility index (Phi) is 6.76. The summed E-state index contributed by atoms with van der Waals surface area (Å²) in [6, 6.07) is 9.42. The lowest BCUT2D eigenvalue weighted by Gasteiger charge is -2.26. The third-order valence-electron chi connectivity index (χ3n) is 5.97. The summed E-state index contributed by atoms with van der Waals surface area (Å²) < 4.78 is 54.3. The number of nitrogens with one attached hydrogen (secondary N) is 1. The highest BCUT2D eigenvalue weighted by Gasteiger charge is 2.29. The molecule has 1 amide bonds. The Bertz CT molecular complexity index is 1250. The molecule has 0 bridgehead atoms. The summed E-state index contributed by atoms with van der Waals surface area (Å²) in [5.41, 5.74) is 0.0184. The largest absolute Gasteiger partial charge is 0.506 e. The number of amides is 1. The maximum absolute atomic E-state index is 12.9. The fourth-order valence-electron chi connectivity index (χ4n) is 4.10. The van der Waals surface area contributed by atoms with Crippen LogP contribution in [-0.2, 0) is 20.0 Å². The van der Waals surface area contributed by atoms with Gasteiger partial charge in [0.15, 0.2) is 0 Å². The van der Waals surface area contributed by atoms with Gasteiger partial charge in [-0.2, -0.15) is 8.61 Å². The number of phenols is 1. The quantitative estimate of drug-likeness (QED) is 0.596. The number of aromatic hydroxyl groups is 1. The van der Waals surface area contributed by atoms with Gasteiger partial charge in [0.2, 0.25) is 20.0 Å². The first kappa shape index (κ1) is 23.7. The van der Waals surface area contributed by atoms with Crippen LogP contribution in [0.1, 0.15) is 42.5 Å². The SMILES string of the molecule is O=C(Nc1cc(S(=O)(=O)N2CCCC2)ccc1O)c1cccc(S(=O)(=O)N2CCCCC2)c1. The molecule has 2 heterocycles. The number of rotatable bonds is 6. The molecule has 9 nitrogen and oxygen atoms in total. The maximum atomic E-state index is 12.9. The van der Waals surface area contributed by atoms with E-state index in [0.717, 1.165) is 32.1 Å². The van der Waals surface area contributed by atoms with Gasteiger partial charge in [-0.25, -0.2) is 16.8 Å². The Labute approximate surface area is 194 Å². The van der Waals surface area contributed by atoms with Crippen molar-refractivity contribution >= 4 is 31.6 Å². The zero-order valence-electron chi connectivity index (χ0n) is 18.1. The summed E-state index contributed by atoms with van der Waals surface area (Å²) in [5, 5.41) is 12.7. The van der Waals surface area contributed by atoms with E-state index < -0.39 is 26.0 Å². The van der Waals surface area contributed by atoms with Gasteiger partial charge in [-0.1, -0.05) is 12.5 Å². The second-order valence-corrected chi connectivity index (χ2v) is 12.1. The van der Waals surface area contributed by atoms with E-state index in [1.807, 2.05) is 0 Å². The molecule has 0 radical (unpaired) electrons. The normalized spacial score (nSPS) is 18.3. The van der Waals surface area contributed by atoms with E-state index in [2.05, 4.69) is 5.32 Å². The third-order valence-corrected chi connectivity index (χ3v) is 9.76. The minimum absolute atomic E-state index is 0.0200. The van der Waals surface area contributed by atoms with E-state index in [9.17, 15) is 26.7 Å². The van der Waals surface area contributed by atoms with Crippen LogP contribution in [0, 0.1) is 0 Å². The molecule has 2 aromatic rings. The van der Waals surface area contributed by atoms with Gasteiger partial charge in [-0.15, -0.1) is 0 Å². The molecule has 2 aromatic carbocycles. The number of sulfonamides is 2. The second-order valence-electron chi connectivity index (χ2n) is 8.24. The van der Waals surface area contributed by atoms with Crippen molar-refractivity contribution < 1.29 is 26.7 Å². The molecule has 0 aromatic heterocycles. The van der Waals surface area contributed by atoms with Crippen molar-refractivity contribution in [2.75, 3.05) is 31.5 Å². The lowest BCUT2D eigenvalue weighted by molar-refractivity contribution is 0.102. The monoisotopic (exact) mass is 493 g/mol. The number of piperidine rings is 1. The van der Waals surface area contributed by atoms with E-state index >= 15 is 0 Å². The molecular formula is C22H27N3O6S2. The number of hydrogen-bond donors (Lipinski definition) is 2. The van der Waals surface area contributed by atoms with Crippen LogP contribution in [0.4, 0.5) is 5.69 Å². The molecule has 2 aliphatic heterocycles. The molecule has 0 atom stereocenters. The highest BCUT2D eigenvalue weighted by atomic mass is 32.2. The summed E-state index contributed by atoms with van der Waals surface area (Å²) in [5.74, 6) is -0.947. The fraction of sp³-hybridized carbons (Fsp3) is 0.409. The first-order valence-electron chi connectivity index (χ1n) is 10.9. The van der Waals surface area contributed by atoms with Crippen LogP contribution in [0.25, 0.3) is 0 Å². The van der Waals surface area contributed by atoms with E-state index in [1.54, 1.807) is 0 Å². The first-order chi connectivity index (χ1) is 15.7. The van der Waals surface area contributed by atoms with E-state index in [4.69, 9.17) is 0 Å². The Balaban J connectivity index is 1.57. The number of benzene rings is 2. The lowest BCUT2D eigenvalue weighted by Crippen LogP contribution is -2.35. The molecular weight excluding hydrogens is 466 g/mol. The summed E-state index contributed by atoms with van der Waals surface area (Å²) in [4.78, 5) is 12.8. The molecule has 178 valence electrons. The smallest absolute Gasteiger partial charge is 0.255 e. The van der Waals surface area contributed by atoms with Gasteiger partial charge in [0.25, 0.3) is 5.91 Å². The first-order valence-corrected chi connectivity index (χ1v) is 13.8. The standard InChI is InChI=1S/C22H27N3O6S2/c26-21-10-9-19(33(30,31)25-13-4-5-14-25)16-20(21)23-22(27)17-7-6-8-18(15-17)32(28,29)24-11-2-1-3-12-24/h6-10,15-16,26H,1-5,11-14H2,(H,23,27). The van der Waals surface area contributed by atoms with Crippen molar-refractivity contribution in [2.24, 2.45) is 0 Å². The number of carbonyl (C=O) groups is 1. The molecule has 2 fully saturated rings. The molecule has 0 aliphatic carbocycles. The van der Waals surface area contributed by atoms with E-state index in [1.165, 1.54) is 51.1 Å². The average molecular weight is 494 g/mol. The van der Waals surface area contributed by atoms with Crippen LogP contribution in [-0.4, -0.2) is 62.6 Å². The molecule has 0 spiro atoms. The number of nitrogens with zero attached hydrogens (tertiary/aromatic N) is 2. The Morgan fingerprint density at radius 1 is 0.758 bits per heavy atom. The molecule has 4 rings (SSSR count). The van der Waals surface area contributed by atoms with Crippen molar-refractivity contribution in [2.45, 2.75) is 41.9 Å². The zero-order chi connectivity index (χ0) is 23.6. The van der Waals surface area contributed by atoms with Crippen LogP contribution in [0.2, 0.25) is 0 Å². The summed E-state index contributed by atoms with van der Waals surface area (Å²) >= 11 is 0. The van der Waals surface area contributed by atoms with Crippen molar-refractivity contribution in [3.8, 4) is 5.75 Å². The molecule has 2 saturated heterocycles. The van der Waals surface area contributed by atoms with Crippen molar-refractivity contribution in [3.05, 3.63) is 48.0 Å².